The van der Waals surface area contributed by atoms with Crippen LogP contribution in [0.2, 0.25) is 0 Å². The predicted octanol–water partition coefficient (Wildman–Crippen LogP) is 2.60. The SMILES string of the molecule is CCONC(C(C)C)C1(C)C[C@H]1C. The molecule has 0 heterocycles. The second-order valence-corrected chi connectivity index (χ2v) is 4.88. The molecule has 0 bridgehead atoms. The summed E-state index contributed by atoms with van der Waals surface area (Å²) in [5.41, 5.74) is 3.66. The van der Waals surface area contributed by atoms with Crippen molar-refractivity contribution < 1.29 is 4.84 Å². The van der Waals surface area contributed by atoms with Gasteiger partial charge in [-0.15, -0.1) is 0 Å². The van der Waals surface area contributed by atoms with Crippen molar-refractivity contribution in [1.82, 2.24) is 5.48 Å². The molecule has 1 aliphatic rings. The van der Waals surface area contributed by atoms with Crippen molar-refractivity contribution in [3.63, 3.8) is 0 Å². The van der Waals surface area contributed by atoms with E-state index in [0.29, 0.717) is 17.4 Å². The lowest BCUT2D eigenvalue weighted by Gasteiger charge is -2.28. The number of rotatable bonds is 5. The molecule has 2 heteroatoms. The monoisotopic (exact) mass is 185 g/mol. The van der Waals surface area contributed by atoms with Crippen LogP contribution >= 0.6 is 0 Å². The van der Waals surface area contributed by atoms with Gasteiger partial charge in [0.1, 0.15) is 0 Å². The molecule has 2 unspecified atom stereocenters. The molecule has 0 aromatic carbocycles. The molecule has 0 aliphatic heterocycles. The molecule has 1 aliphatic carbocycles. The van der Waals surface area contributed by atoms with Crippen molar-refractivity contribution in [1.29, 1.82) is 0 Å². The fourth-order valence-corrected chi connectivity index (χ4v) is 2.24. The van der Waals surface area contributed by atoms with Crippen molar-refractivity contribution in [2.24, 2.45) is 17.3 Å². The van der Waals surface area contributed by atoms with Crippen molar-refractivity contribution in [3.8, 4) is 0 Å². The predicted molar refractivity (Wildman–Crippen MR) is 55.3 cm³/mol. The first-order chi connectivity index (χ1) is 6.02. The summed E-state index contributed by atoms with van der Waals surface area (Å²) < 4.78 is 0. The summed E-state index contributed by atoms with van der Waals surface area (Å²) in [7, 11) is 0. The fraction of sp³-hybridized carbons (Fsp3) is 1.00. The highest BCUT2D eigenvalue weighted by Gasteiger charge is 2.53. The topological polar surface area (TPSA) is 21.3 Å². The maximum absolute atomic E-state index is 5.32. The standard InChI is InChI=1S/C11H23NO/c1-6-13-12-10(8(2)3)11(5)7-9(11)4/h8-10,12H,6-7H2,1-5H3/t9-,10?,11?/m1/s1. The van der Waals surface area contributed by atoms with Gasteiger partial charge in [-0.2, -0.15) is 5.48 Å². The minimum Gasteiger partial charge on any atom is -0.302 e. The molecule has 0 aromatic heterocycles. The number of hydrogen-bond donors (Lipinski definition) is 1. The summed E-state index contributed by atoms with van der Waals surface area (Å²) in [5, 5.41) is 0. The Labute approximate surface area is 82.0 Å². The Kier molecular flexibility index (Phi) is 3.36. The average molecular weight is 185 g/mol. The zero-order valence-electron chi connectivity index (χ0n) is 9.55. The second-order valence-electron chi connectivity index (χ2n) is 4.88. The first-order valence-corrected chi connectivity index (χ1v) is 5.39. The molecule has 0 radical (unpaired) electrons. The molecule has 0 spiro atoms. The molecule has 0 amide bonds. The van der Waals surface area contributed by atoms with Gasteiger partial charge in [0.15, 0.2) is 0 Å². The normalized spacial score (nSPS) is 35.1. The van der Waals surface area contributed by atoms with Crippen LogP contribution in [-0.2, 0) is 4.84 Å². The van der Waals surface area contributed by atoms with Gasteiger partial charge in [-0.25, -0.2) is 0 Å². The summed E-state index contributed by atoms with van der Waals surface area (Å²) in [5.74, 6) is 1.48. The lowest BCUT2D eigenvalue weighted by Crippen LogP contribution is -2.41. The molecule has 0 saturated heterocycles. The molecule has 1 rings (SSSR count). The Hall–Kier alpha value is -0.0800. The molecule has 13 heavy (non-hydrogen) atoms. The van der Waals surface area contributed by atoms with Gasteiger partial charge in [0.05, 0.1) is 6.61 Å². The number of hydroxylamine groups is 1. The summed E-state index contributed by atoms with van der Waals surface area (Å²) in [4.78, 5) is 5.32. The third-order valence-corrected chi connectivity index (χ3v) is 3.44. The summed E-state index contributed by atoms with van der Waals surface area (Å²) in [6, 6.07) is 0.502. The maximum atomic E-state index is 5.32. The van der Waals surface area contributed by atoms with E-state index in [1.54, 1.807) is 0 Å². The first kappa shape index (κ1) is 11.0. The highest BCUT2D eigenvalue weighted by Crippen LogP contribution is 2.55. The van der Waals surface area contributed by atoms with E-state index < -0.39 is 0 Å². The van der Waals surface area contributed by atoms with Gasteiger partial charge < -0.3 is 4.84 Å². The molecule has 2 nitrogen and oxygen atoms in total. The second kappa shape index (κ2) is 3.97. The van der Waals surface area contributed by atoms with Crippen LogP contribution in [0, 0.1) is 17.3 Å². The third kappa shape index (κ3) is 2.23. The highest BCUT2D eigenvalue weighted by molar-refractivity contribution is 5.04. The number of hydrogen-bond acceptors (Lipinski definition) is 2. The first-order valence-electron chi connectivity index (χ1n) is 5.39. The van der Waals surface area contributed by atoms with E-state index in [1.807, 2.05) is 6.92 Å². The van der Waals surface area contributed by atoms with Crippen LogP contribution in [0.5, 0.6) is 0 Å². The van der Waals surface area contributed by atoms with E-state index in [0.717, 1.165) is 12.5 Å². The Morgan fingerprint density at radius 1 is 1.54 bits per heavy atom. The van der Waals surface area contributed by atoms with Crippen LogP contribution < -0.4 is 5.48 Å². The van der Waals surface area contributed by atoms with Crippen molar-refractivity contribution >= 4 is 0 Å². The quantitative estimate of drug-likeness (QED) is 0.665. The van der Waals surface area contributed by atoms with E-state index in [2.05, 4.69) is 33.2 Å². The van der Waals surface area contributed by atoms with Gasteiger partial charge in [-0.05, 0) is 30.6 Å². The lowest BCUT2D eigenvalue weighted by atomic mass is 9.88. The van der Waals surface area contributed by atoms with Crippen molar-refractivity contribution in [3.05, 3.63) is 0 Å². The fourth-order valence-electron chi connectivity index (χ4n) is 2.24. The van der Waals surface area contributed by atoms with E-state index in [4.69, 9.17) is 4.84 Å². The summed E-state index contributed by atoms with van der Waals surface area (Å²) in [6.45, 7) is 12.0. The van der Waals surface area contributed by atoms with Gasteiger partial charge in [0.25, 0.3) is 0 Å². The van der Waals surface area contributed by atoms with Gasteiger partial charge >= 0.3 is 0 Å². The minimum atomic E-state index is 0.462. The zero-order valence-corrected chi connectivity index (χ0v) is 9.55. The Morgan fingerprint density at radius 2 is 2.08 bits per heavy atom. The van der Waals surface area contributed by atoms with E-state index >= 15 is 0 Å². The minimum absolute atomic E-state index is 0.462. The van der Waals surface area contributed by atoms with Gasteiger partial charge in [0.2, 0.25) is 0 Å². The average Bonchev–Trinajstić information content (AvgIpc) is 2.60. The molecular weight excluding hydrogens is 162 g/mol. The lowest BCUT2D eigenvalue weighted by molar-refractivity contribution is -0.00961. The molecule has 1 saturated carbocycles. The Bertz CT molecular complexity index is 169. The molecule has 3 atom stereocenters. The van der Waals surface area contributed by atoms with Crippen LogP contribution in [-0.4, -0.2) is 12.6 Å². The van der Waals surface area contributed by atoms with Crippen molar-refractivity contribution in [2.75, 3.05) is 6.61 Å². The van der Waals surface area contributed by atoms with Crippen LogP contribution in [0.3, 0.4) is 0 Å². The van der Waals surface area contributed by atoms with E-state index in [1.165, 1.54) is 6.42 Å². The zero-order chi connectivity index (χ0) is 10.1. The van der Waals surface area contributed by atoms with Crippen LogP contribution in [0.4, 0.5) is 0 Å². The van der Waals surface area contributed by atoms with E-state index in [-0.39, 0.29) is 0 Å². The molecule has 1 N–H and O–H groups in total. The molecule has 1 fully saturated rings. The van der Waals surface area contributed by atoms with Crippen molar-refractivity contribution in [2.45, 2.75) is 47.1 Å². The molecule has 0 aromatic rings. The van der Waals surface area contributed by atoms with E-state index in [9.17, 15) is 0 Å². The Morgan fingerprint density at radius 3 is 2.38 bits per heavy atom. The van der Waals surface area contributed by atoms with Gasteiger partial charge in [-0.1, -0.05) is 27.7 Å². The van der Waals surface area contributed by atoms with Gasteiger partial charge in [-0.3, -0.25) is 0 Å². The third-order valence-electron chi connectivity index (χ3n) is 3.44. The largest absolute Gasteiger partial charge is 0.302 e. The smallest absolute Gasteiger partial charge is 0.0654 e. The highest BCUT2D eigenvalue weighted by atomic mass is 16.6. The van der Waals surface area contributed by atoms with Crippen LogP contribution in [0.1, 0.15) is 41.0 Å². The molecule has 78 valence electrons. The molecular formula is C11H23NO. The van der Waals surface area contributed by atoms with Gasteiger partial charge in [0, 0.05) is 6.04 Å². The summed E-state index contributed by atoms with van der Waals surface area (Å²) in [6.07, 6.45) is 1.33. The Balaban J connectivity index is 2.48. The van der Waals surface area contributed by atoms with Crippen LogP contribution in [0.15, 0.2) is 0 Å². The number of nitrogens with one attached hydrogen (secondary N) is 1. The maximum Gasteiger partial charge on any atom is 0.0654 e. The van der Waals surface area contributed by atoms with Crippen LogP contribution in [0.25, 0.3) is 0 Å². The summed E-state index contributed by atoms with van der Waals surface area (Å²) >= 11 is 0.